The van der Waals surface area contributed by atoms with Crippen molar-refractivity contribution in [1.82, 2.24) is 4.90 Å². The van der Waals surface area contributed by atoms with Gasteiger partial charge in [-0.3, -0.25) is 5.41 Å². The SMILES string of the molecule is N=C1c2cc(Cl)c(Cl)cc2CN1Cc1ccccc1OC(F)(F)F. The second kappa shape index (κ2) is 6.18. The molecule has 2 aromatic rings. The molecule has 3 rings (SSSR count). The van der Waals surface area contributed by atoms with Crippen LogP contribution in [0.1, 0.15) is 16.7 Å². The smallest absolute Gasteiger partial charge is 0.405 e. The van der Waals surface area contributed by atoms with Gasteiger partial charge in [0.25, 0.3) is 0 Å². The first-order valence-electron chi connectivity index (χ1n) is 6.90. The van der Waals surface area contributed by atoms with Gasteiger partial charge in [-0.1, -0.05) is 41.4 Å². The highest BCUT2D eigenvalue weighted by Crippen LogP contribution is 2.33. The first-order chi connectivity index (χ1) is 11.2. The molecule has 0 bridgehead atoms. The lowest BCUT2D eigenvalue weighted by atomic mass is 10.1. The van der Waals surface area contributed by atoms with Crippen LogP contribution in [0, 0.1) is 5.41 Å². The summed E-state index contributed by atoms with van der Waals surface area (Å²) in [6.45, 7) is 0.473. The van der Waals surface area contributed by atoms with E-state index in [1.807, 2.05) is 0 Å². The first-order valence-corrected chi connectivity index (χ1v) is 7.65. The van der Waals surface area contributed by atoms with Gasteiger partial charge in [0.05, 0.1) is 10.0 Å². The van der Waals surface area contributed by atoms with Crippen molar-refractivity contribution in [2.45, 2.75) is 19.5 Å². The van der Waals surface area contributed by atoms with Crippen molar-refractivity contribution in [2.24, 2.45) is 0 Å². The van der Waals surface area contributed by atoms with Crippen LogP contribution in [0.3, 0.4) is 0 Å². The molecule has 8 heteroatoms. The fourth-order valence-electron chi connectivity index (χ4n) is 2.59. The molecule has 0 amide bonds. The van der Waals surface area contributed by atoms with E-state index in [1.54, 1.807) is 23.1 Å². The van der Waals surface area contributed by atoms with Gasteiger partial charge < -0.3 is 9.64 Å². The lowest BCUT2D eigenvalue weighted by Gasteiger charge is -2.20. The Labute approximate surface area is 146 Å². The number of hydrogen-bond donors (Lipinski definition) is 1. The van der Waals surface area contributed by atoms with Crippen LogP contribution < -0.4 is 4.74 Å². The largest absolute Gasteiger partial charge is 0.573 e. The Kier molecular flexibility index (Phi) is 4.36. The number of nitrogens with zero attached hydrogens (tertiary/aromatic N) is 1. The van der Waals surface area contributed by atoms with Gasteiger partial charge in [0.1, 0.15) is 11.6 Å². The van der Waals surface area contributed by atoms with Crippen molar-refractivity contribution < 1.29 is 17.9 Å². The quantitative estimate of drug-likeness (QED) is 0.797. The molecule has 0 spiro atoms. The predicted molar refractivity (Wildman–Crippen MR) is 85.7 cm³/mol. The van der Waals surface area contributed by atoms with E-state index in [-0.39, 0.29) is 18.1 Å². The van der Waals surface area contributed by atoms with Gasteiger partial charge in [-0.2, -0.15) is 0 Å². The van der Waals surface area contributed by atoms with Crippen LogP contribution in [0.15, 0.2) is 36.4 Å². The van der Waals surface area contributed by atoms with E-state index >= 15 is 0 Å². The molecule has 0 aliphatic carbocycles. The molecule has 24 heavy (non-hydrogen) atoms. The molecule has 1 N–H and O–H groups in total. The number of ether oxygens (including phenoxy) is 1. The number of para-hydroxylation sites is 1. The normalized spacial score (nSPS) is 14.0. The van der Waals surface area contributed by atoms with E-state index < -0.39 is 6.36 Å². The number of rotatable bonds is 3. The molecule has 3 nitrogen and oxygen atoms in total. The van der Waals surface area contributed by atoms with Gasteiger partial charge in [-0.05, 0) is 23.8 Å². The summed E-state index contributed by atoms with van der Waals surface area (Å²) in [5.41, 5.74) is 1.77. The van der Waals surface area contributed by atoms with E-state index in [1.165, 1.54) is 18.2 Å². The van der Waals surface area contributed by atoms with Crippen LogP contribution in [-0.4, -0.2) is 17.1 Å². The second-order valence-electron chi connectivity index (χ2n) is 5.28. The van der Waals surface area contributed by atoms with Crippen LogP contribution in [0.4, 0.5) is 13.2 Å². The summed E-state index contributed by atoms with van der Waals surface area (Å²) in [6.07, 6.45) is -4.77. The van der Waals surface area contributed by atoms with Crippen LogP contribution in [0.5, 0.6) is 5.75 Å². The molecule has 1 heterocycles. The topological polar surface area (TPSA) is 36.3 Å². The third-order valence-corrected chi connectivity index (χ3v) is 4.36. The van der Waals surface area contributed by atoms with E-state index in [9.17, 15) is 13.2 Å². The minimum absolute atomic E-state index is 0.106. The van der Waals surface area contributed by atoms with Crippen LogP contribution in [-0.2, 0) is 13.1 Å². The van der Waals surface area contributed by atoms with E-state index in [4.69, 9.17) is 28.6 Å². The van der Waals surface area contributed by atoms with Gasteiger partial charge in [0.2, 0.25) is 0 Å². The molecule has 0 radical (unpaired) electrons. The van der Waals surface area contributed by atoms with E-state index in [2.05, 4.69) is 4.74 Å². The van der Waals surface area contributed by atoms with Gasteiger partial charge in [-0.15, -0.1) is 13.2 Å². The van der Waals surface area contributed by atoms with E-state index in [0.717, 1.165) is 5.56 Å². The van der Waals surface area contributed by atoms with E-state index in [0.29, 0.717) is 27.7 Å². The maximum absolute atomic E-state index is 12.5. The molecule has 0 fully saturated rings. The summed E-state index contributed by atoms with van der Waals surface area (Å²) in [5.74, 6) is -0.0878. The number of hydrogen-bond acceptors (Lipinski definition) is 2. The molecule has 0 unspecified atom stereocenters. The minimum atomic E-state index is -4.77. The summed E-state index contributed by atoms with van der Waals surface area (Å²) in [7, 11) is 0. The number of fused-ring (bicyclic) bond motifs is 1. The molecule has 1 aliphatic rings. The highest BCUT2D eigenvalue weighted by Gasteiger charge is 2.33. The zero-order valence-electron chi connectivity index (χ0n) is 12.1. The average Bonchev–Trinajstić information content (AvgIpc) is 2.77. The molecule has 0 atom stereocenters. The number of nitrogens with one attached hydrogen (secondary N) is 1. The Hall–Kier alpha value is -1.92. The molecule has 2 aromatic carbocycles. The first kappa shape index (κ1) is 16.9. The molecule has 1 aliphatic heterocycles. The van der Waals surface area contributed by atoms with Crippen LogP contribution in [0.2, 0.25) is 10.0 Å². The molecule has 0 saturated heterocycles. The fourth-order valence-corrected chi connectivity index (χ4v) is 2.94. The second-order valence-corrected chi connectivity index (χ2v) is 6.10. The zero-order chi connectivity index (χ0) is 17.5. The molecule has 0 aromatic heterocycles. The van der Waals surface area contributed by atoms with Crippen LogP contribution >= 0.6 is 23.2 Å². The molecule has 126 valence electrons. The highest BCUT2D eigenvalue weighted by molar-refractivity contribution is 6.42. The van der Waals surface area contributed by atoms with Crippen molar-refractivity contribution in [3.63, 3.8) is 0 Å². The average molecular weight is 375 g/mol. The lowest BCUT2D eigenvalue weighted by molar-refractivity contribution is -0.275. The Morgan fingerprint density at radius 3 is 2.50 bits per heavy atom. The van der Waals surface area contributed by atoms with Gasteiger partial charge in [-0.25, -0.2) is 0 Å². The molecular formula is C16H11Cl2F3N2O. The van der Waals surface area contributed by atoms with Crippen LogP contribution in [0.25, 0.3) is 0 Å². The number of benzene rings is 2. The Morgan fingerprint density at radius 2 is 1.79 bits per heavy atom. The molecular weight excluding hydrogens is 364 g/mol. The van der Waals surface area contributed by atoms with Gasteiger partial charge >= 0.3 is 6.36 Å². The van der Waals surface area contributed by atoms with Crippen molar-refractivity contribution >= 4 is 29.0 Å². The molecule has 0 saturated carbocycles. The summed E-state index contributed by atoms with van der Waals surface area (Å²) in [6, 6.07) is 9.15. The van der Waals surface area contributed by atoms with Crippen molar-refractivity contribution in [2.75, 3.05) is 0 Å². The Bertz CT molecular complexity index is 808. The highest BCUT2D eigenvalue weighted by atomic mass is 35.5. The summed E-state index contributed by atoms with van der Waals surface area (Å²) in [5, 5.41) is 8.93. The third kappa shape index (κ3) is 3.44. The van der Waals surface area contributed by atoms with Crippen molar-refractivity contribution in [1.29, 1.82) is 5.41 Å². The summed E-state index contributed by atoms with van der Waals surface area (Å²) in [4.78, 5) is 1.63. The van der Waals surface area contributed by atoms with Gasteiger partial charge in [0, 0.05) is 24.2 Å². The summed E-state index contributed by atoms with van der Waals surface area (Å²) < 4.78 is 41.6. The van der Waals surface area contributed by atoms with Crippen molar-refractivity contribution in [3.05, 3.63) is 63.1 Å². The predicted octanol–water partition coefficient (Wildman–Crippen LogP) is 5.23. The number of halogens is 5. The number of alkyl halides is 3. The minimum Gasteiger partial charge on any atom is -0.405 e. The number of amidine groups is 1. The lowest BCUT2D eigenvalue weighted by Crippen LogP contribution is -2.25. The van der Waals surface area contributed by atoms with Gasteiger partial charge in [0.15, 0.2) is 0 Å². The maximum atomic E-state index is 12.5. The third-order valence-electron chi connectivity index (χ3n) is 3.64. The fraction of sp³-hybridized carbons (Fsp3) is 0.188. The Morgan fingerprint density at radius 1 is 1.12 bits per heavy atom. The maximum Gasteiger partial charge on any atom is 0.573 e. The standard InChI is InChI=1S/C16H11Cl2F3N2O/c17-12-5-10-8-23(15(22)11(10)6-13(12)18)7-9-3-1-2-4-14(9)24-16(19,20)21/h1-6,22H,7-8H2. The summed E-state index contributed by atoms with van der Waals surface area (Å²) >= 11 is 12.0. The van der Waals surface area contributed by atoms with Crippen molar-refractivity contribution in [3.8, 4) is 5.75 Å². The Balaban J connectivity index is 1.85. The zero-order valence-corrected chi connectivity index (χ0v) is 13.6. The monoisotopic (exact) mass is 374 g/mol.